The maximum atomic E-state index is 5.55. The summed E-state index contributed by atoms with van der Waals surface area (Å²) in [4.78, 5) is 0. The molecular weight excluding hydrogens is 178 g/mol. The molecule has 3 nitrogen and oxygen atoms in total. The van der Waals surface area contributed by atoms with Gasteiger partial charge in [0.15, 0.2) is 0 Å². The van der Waals surface area contributed by atoms with Crippen molar-refractivity contribution < 1.29 is 9.15 Å². The Balaban J connectivity index is 2.15. The van der Waals surface area contributed by atoms with Gasteiger partial charge in [-0.2, -0.15) is 0 Å². The molecule has 2 heterocycles. The van der Waals surface area contributed by atoms with Gasteiger partial charge < -0.3 is 14.5 Å². The molecule has 1 atom stereocenters. The second-order valence-corrected chi connectivity index (χ2v) is 3.37. The minimum atomic E-state index is 0.220. The summed E-state index contributed by atoms with van der Waals surface area (Å²) in [6.45, 7) is 1.65. The van der Waals surface area contributed by atoms with Crippen molar-refractivity contribution in [1.29, 1.82) is 0 Å². The Kier molecular flexibility index (Phi) is 2.89. The third-order valence-electron chi connectivity index (χ3n) is 2.37. The van der Waals surface area contributed by atoms with E-state index >= 15 is 0 Å². The van der Waals surface area contributed by atoms with Crippen LogP contribution in [0.1, 0.15) is 18.1 Å². The molecule has 1 aromatic rings. The van der Waals surface area contributed by atoms with Crippen LogP contribution in [0.15, 0.2) is 34.6 Å². The topological polar surface area (TPSA) is 34.4 Å². The first-order chi connectivity index (χ1) is 6.92. The van der Waals surface area contributed by atoms with Crippen LogP contribution in [-0.2, 0) is 4.74 Å². The van der Waals surface area contributed by atoms with Crippen LogP contribution in [0.5, 0.6) is 0 Å². The Labute approximate surface area is 83.7 Å². The largest absolute Gasteiger partial charge is 0.497 e. The van der Waals surface area contributed by atoms with E-state index in [4.69, 9.17) is 9.15 Å². The zero-order chi connectivity index (χ0) is 9.80. The highest BCUT2D eigenvalue weighted by atomic mass is 16.5. The van der Waals surface area contributed by atoms with Crippen molar-refractivity contribution in [3.05, 3.63) is 36.0 Å². The molecule has 0 fully saturated rings. The van der Waals surface area contributed by atoms with Crippen LogP contribution in [0, 0.1) is 0 Å². The molecule has 0 radical (unpaired) electrons. The van der Waals surface area contributed by atoms with Gasteiger partial charge in [-0.15, -0.1) is 0 Å². The van der Waals surface area contributed by atoms with Gasteiger partial charge in [0.2, 0.25) is 0 Å². The molecule has 1 aliphatic rings. The number of hydrogen-bond acceptors (Lipinski definition) is 3. The second kappa shape index (κ2) is 4.33. The van der Waals surface area contributed by atoms with Crippen molar-refractivity contribution >= 4 is 0 Å². The van der Waals surface area contributed by atoms with Gasteiger partial charge in [0.25, 0.3) is 0 Å². The van der Waals surface area contributed by atoms with Gasteiger partial charge in [-0.05, 0) is 25.3 Å². The van der Waals surface area contributed by atoms with Gasteiger partial charge in [0.1, 0.15) is 11.5 Å². The summed E-state index contributed by atoms with van der Waals surface area (Å²) in [5.74, 6) is 2.22. The van der Waals surface area contributed by atoms with Crippen LogP contribution in [0.3, 0.4) is 0 Å². The Morgan fingerprint density at radius 1 is 1.57 bits per heavy atom. The molecule has 1 N–H and O–H groups in total. The molecule has 1 aliphatic heterocycles. The molecule has 0 bridgehead atoms. The standard InChI is InChI=1S/C11H15NO2/c1-12-8-9(10-4-2-6-13-10)11-5-3-7-14-11/h2,4-6,9,12H,3,7-8H2,1H3. The van der Waals surface area contributed by atoms with Crippen LogP contribution in [-0.4, -0.2) is 20.2 Å². The summed E-state index contributed by atoms with van der Waals surface area (Å²) in [7, 11) is 1.94. The minimum Gasteiger partial charge on any atom is -0.497 e. The van der Waals surface area contributed by atoms with Gasteiger partial charge in [-0.3, -0.25) is 0 Å². The average Bonchev–Trinajstić information content (AvgIpc) is 2.87. The van der Waals surface area contributed by atoms with E-state index in [-0.39, 0.29) is 5.92 Å². The number of furan rings is 1. The fourth-order valence-electron chi connectivity index (χ4n) is 1.71. The zero-order valence-electron chi connectivity index (χ0n) is 8.32. The van der Waals surface area contributed by atoms with E-state index in [1.807, 2.05) is 19.2 Å². The second-order valence-electron chi connectivity index (χ2n) is 3.37. The molecule has 0 saturated carbocycles. The van der Waals surface area contributed by atoms with Gasteiger partial charge in [-0.1, -0.05) is 0 Å². The number of hydrogen-bond donors (Lipinski definition) is 1. The lowest BCUT2D eigenvalue weighted by Gasteiger charge is -2.15. The van der Waals surface area contributed by atoms with Crippen molar-refractivity contribution in [3.8, 4) is 0 Å². The molecule has 76 valence electrons. The molecule has 0 amide bonds. The van der Waals surface area contributed by atoms with Gasteiger partial charge >= 0.3 is 0 Å². The molecule has 0 aromatic carbocycles. The fraction of sp³-hybridized carbons (Fsp3) is 0.455. The van der Waals surface area contributed by atoms with Crippen LogP contribution < -0.4 is 5.32 Å². The van der Waals surface area contributed by atoms with E-state index in [1.54, 1.807) is 6.26 Å². The highest BCUT2D eigenvalue weighted by Gasteiger charge is 2.22. The van der Waals surface area contributed by atoms with E-state index < -0.39 is 0 Å². The number of ether oxygens (including phenoxy) is 1. The van der Waals surface area contributed by atoms with E-state index in [2.05, 4.69) is 11.4 Å². The van der Waals surface area contributed by atoms with Gasteiger partial charge in [0, 0.05) is 13.0 Å². The molecule has 14 heavy (non-hydrogen) atoms. The summed E-state index contributed by atoms with van der Waals surface area (Å²) < 4.78 is 11.0. The Bertz CT molecular complexity index is 303. The van der Waals surface area contributed by atoms with Gasteiger partial charge in [0.05, 0.1) is 18.8 Å². The lowest BCUT2D eigenvalue weighted by atomic mass is 10.0. The SMILES string of the molecule is CNCC(C1=CCCO1)c1ccco1. The smallest absolute Gasteiger partial charge is 0.115 e. The average molecular weight is 193 g/mol. The summed E-state index contributed by atoms with van der Waals surface area (Å²) in [6.07, 6.45) is 4.86. The summed E-state index contributed by atoms with van der Waals surface area (Å²) >= 11 is 0. The molecule has 1 aromatic heterocycles. The fourth-order valence-corrected chi connectivity index (χ4v) is 1.71. The first-order valence-electron chi connectivity index (χ1n) is 4.92. The molecule has 0 aliphatic carbocycles. The Morgan fingerprint density at radius 2 is 2.50 bits per heavy atom. The van der Waals surface area contributed by atoms with E-state index in [9.17, 15) is 0 Å². The summed E-state index contributed by atoms with van der Waals surface area (Å²) in [5, 5.41) is 3.15. The Morgan fingerprint density at radius 3 is 3.07 bits per heavy atom. The summed E-state index contributed by atoms with van der Waals surface area (Å²) in [5.41, 5.74) is 0. The number of rotatable bonds is 4. The lowest BCUT2D eigenvalue weighted by Crippen LogP contribution is -2.18. The monoisotopic (exact) mass is 193 g/mol. The minimum absolute atomic E-state index is 0.220. The molecule has 3 heteroatoms. The van der Waals surface area contributed by atoms with Crippen molar-refractivity contribution in [2.24, 2.45) is 0 Å². The zero-order valence-corrected chi connectivity index (χ0v) is 8.32. The van der Waals surface area contributed by atoms with Crippen LogP contribution >= 0.6 is 0 Å². The van der Waals surface area contributed by atoms with E-state index in [0.717, 1.165) is 31.1 Å². The van der Waals surface area contributed by atoms with Gasteiger partial charge in [-0.25, -0.2) is 0 Å². The molecular formula is C11H15NO2. The number of nitrogens with one attached hydrogen (secondary N) is 1. The maximum Gasteiger partial charge on any atom is 0.115 e. The van der Waals surface area contributed by atoms with Crippen LogP contribution in [0.2, 0.25) is 0 Å². The van der Waals surface area contributed by atoms with Crippen LogP contribution in [0.25, 0.3) is 0 Å². The summed E-state index contributed by atoms with van der Waals surface area (Å²) in [6, 6.07) is 3.90. The maximum absolute atomic E-state index is 5.55. The molecule has 0 spiro atoms. The molecule has 0 saturated heterocycles. The first-order valence-corrected chi connectivity index (χ1v) is 4.92. The normalized spacial score (nSPS) is 17.6. The Hall–Kier alpha value is -1.22. The predicted octanol–water partition coefficient (Wildman–Crippen LogP) is 1.89. The van der Waals surface area contributed by atoms with Crippen molar-refractivity contribution in [2.45, 2.75) is 12.3 Å². The van der Waals surface area contributed by atoms with Crippen molar-refractivity contribution in [2.75, 3.05) is 20.2 Å². The first kappa shape index (κ1) is 9.34. The van der Waals surface area contributed by atoms with E-state index in [0.29, 0.717) is 0 Å². The lowest BCUT2D eigenvalue weighted by molar-refractivity contribution is 0.217. The third kappa shape index (κ3) is 1.82. The van der Waals surface area contributed by atoms with Crippen LogP contribution in [0.4, 0.5) is 0 Å². The van der Waals surface area contributed by atoms with Crippen molar-refractivity contribution in [3.63, 3.8) is 0 Å². The highest BCUT2D eigenvalue weighted by Crippen LogP contribution is 2.28. The number of likely N-dealkylation sites (N-methyl/N-ethyl adjacent to an activating group) is 1. The van der Waals surface area contributed by atoms with E-state index in [1.165, 1.54) is 0 Å². The molecule has 2 rings (SSSR count). The highest BCUT2D eigenvalue weighted by molar-refractivity contribution is 5.19. The third-order valence-corrected chi connectivity index (χ3v) is 2.37. The quantitative estimate of drug-likeness (QED) is 0.793. The molecule has 1 unspecified atom stereocenters. The predicted molar refractivity (Wildman–Crippen MR) is 54.0 cm³/mol. The van der Waals surface area contributed by atoms with Crippen molar-refractivity contribution in [1.82, 2.24) is 5.32 Å².